The van der Waals surface area contributed by atoms with E-state index in [1.165, 1.54) is 15.3 Å². The molecule has 0 fully saturated rings. The van der Waals surface area contributed by atoms with Gasteiger partial charge in [0.1, 0.15) is 5.75 Å². The summed E-state index contributed by atoms with van der Waals surface area (Å²) in [6.07, 6.45) is 0. The van der Waals surface area contributed by atoms with E-state index in [0.29, 0.717) is 0 Å². The minimum Gasteiger partial charge on any atom is -0.497 e. The van der Waals surface area contributed by atoms with Gasteiger partial charge in [-0.3, -0.25) is 0 Å². The number of rotatable bonds is 3. The van der Waals surface area contributed by atoms with Gasteiger partial charge in [0.25, 0.3) is 0 Å². The van der Waals surface area contributed by atoms with Crippen molar-refractivity contribution in [3.05, 3.63) is 41.3 Å². The Labute approximate surface area is 102 Å². The summed E-state index contributed by atoms with van der Waals surface area (Å²) in [5.74, 6) is 0.899. The van der Waals surface area contributed by atoms with Gasteiger partial charge in [0.05, 0.1) is 7.11 Å². The second-order valence-corrected chi connectivity index (χ2v) is 4.86. The van der Waals surface area contributed by atoms with Crippen molar-refractivity contribution in [3.63, 3.8) is 0 Å². The second-order valence-electron chi connectivity index (χ2n) is 3.13. The first-order valence-corrected chi connectivity index (χ1v) is 6.56. The van der Waals surface area contributed by atoms with Crippen LogP contribution in [0.25, 0.3) is 10.4 Å². The fourth-order valence-electron chi connectivity index (χ4n) is 1.36. The van der Waals surface area contributed by atoms with E-state index in [-0.39, 0.29) is 0 Å². The maximum absolute atomic E-state index is 5.13. The van der Waals surface area contributed by atoms with E-state index >= 15 is 0 Å². The molecule has 0 saturated carbocycles. The second kappa shape index (κ2) is 4.81. The molecule has 0 saturated heterocycles. The summed E-state index contributed by atoms with van der Waals surface area (Å²) in [7, 11) is 1.68. The molecule has 0 aliphatic rings. The molecule has 0 bridgehead atoms. The van der Waals surface area contributed by atoms with Crippen LogP contribution in [0.2, 0.25) is 0 Å². The number of halogens is 1. The molecule has 0 aliphatic carbocycles. The van der Waals surface area contributed by atoms with Crippen LogP contribution >= 0.6 is 27.3 Å². The Hall–Kier alpha value is -0.800. The van der Waals surface area contributed by atoms with Gasteiger partial charge < -0.3 is 4.74 Å². The number of hydrogen-bond acceptors (Lipinski definition) is 2. The summed E-state index contributed by atoms with van der Waals surface area (Å²) in [5.41, 5.74) is 1.24. The highest BCUT2D eigenvalue weighted by atomic mass is 79.9. The largest absolute Gasteiger partial charge is 0.497 e. The molecule has 0 radical (unpaired) electrons. The summed E-state index contributed by atoms with van der Waals surface area (Å²) in [5, 5.41) is 0.924. The quantitative estimate of drug-likeness (QED) is 0.762. The van der Waals surface area contributed by atoms with Crippen molar-refractivity contribution in [2.75, 3.05) is 7.11 Å². The standard InChI is InChI=1S/C12H11BrOS/c1-14-10-4-2-9(3-5-10)12-7-6-11(8-13)15-12/h2-7H,8H2,1H3. The van der Waals surface area contributed by atoms with Crippen molar-refractivity contribution < 1.29 is 4.74 Å². The van der Waals surface area contributed by atoms with Crippen LogP contribution in [0, 0.1) is 0 Å². The van der Waals surface area contributed by atoms with E-state index in [0.717, 1.165) is 11.1 Å². The van der Waals surface area contributed by atoms with Gasteiger partial charge in [0.15, 0.2) is 0 Å². The Kier molecular flexibility index (Phi) is 3.44. The van der Waals surface area contributed by atoms with E-state index < -0.39 is 0 Å². The van der Waals surface area contributed by atoms with Crippen LogP contribution in [0.4, 0.5) is 0 Å². The third kappa shape index (κ3) is 2.41. The molecule has 0 spiro atoms. The lowest BCUT2D eigenvalue weighted by molar-refractivity contribution is 0.415. The van der Waals surface area contributed by atoms with Gasteiger partial charge in [-0.15, -0.1) is 11.3 Å². The molecule has 3 heteroatoms. The topological polar surface area (TPSA) is 9.23 Å². The maximum atomic E-state index is 5.13. The van der Waals surface area contributed by atoms with Crippen LogP contribution in [-0.4, -0.2) is 7.11 Å². The van der Waals surface area contributed by atoms with E-state index in [1.807, 2.05) is 23.5 Å². The molecule has 1 heterocycles. The van der Waals surface area contributed by atoms with Gasteiger partial charge in [-0.25, -0.2) is 0 Å². The molecule has 1 aromatic heterocycles. The fraction of sp³-hybridized carbons (Fsp3) is 0.167. The first-order chi connectivity index (χ1) is 7.33. The van der Waals surface area contributed by atoms with Crippen LogP contribution in [-0.2, 0) is 5.33 Å². The number of thiophene rings is 1. The van der Waals surface area contributed by atoms with E-state index in [4.69, 9.17) is 4.74 Å². The average molecular weight is 283 g/mol. The predicted octanol–water partition coefficient (Wildman–Crippen LogP) is 4.32. The SMILES string of the molecule is COc1ccc(-c2ccc(CBr)s2)cc1. The Morgan fingerprint density at radius 3 is 2.40 bits per heavy atom. The molecule has 0 amide bonds. The predicted molar refractivity (Wildman–Crippen MR) is 68.9 cm³/mol. The summed E-state index contributed by atoms with van der Waals surface area (Å²) in [4.78, 5) is 2.65. The van der Waals surface area contributed by atoms with Crippen molar-refractivity contribution in [3.8, 4) is 16.2 Å². The molecular weight excluding hydrogens is 272 g/mol. The van der Waals surface area contributed by atoms with E-state index in [2.05, 4.69) is 40.2 Å². The van der Waals surface area contributed by atoms with Crippen LogP contribution in [0.1, 0.15) is 4.88 Å². The van der Waals surface area contributed by atoms with Gasteiger partial charge in [0, 0.05) is 15.1 Å². The number of hydrogen-bond donors (Lipinski definition) is 0. The van der Waals surface area contributed by atoms with Crippen LogP contribution in [0.3, 0.4) is 0 Å². The number of alkyl halides is 1. The zero-order valence-electron chi connectivity index (χ0n) is 8.37. The van der Waals surface area contributed by atoms with Crippen molar-refractivity contribution in [2.24, 2.45) is 0 Å². The Balaban J connectivity index is 2.28. The molecule has 0 unspecified atom stereocenters. The highest BCUT2D eigenvalue weighted by molar-refractivity contribution is 9.08. The third-order valence-corrected chi connectivity index (χ3v) is 4.28. The first kappa shape index (κ1) is 10.7. The average Bonchev–Trinajstić information content (AvgIpc) is 2.78. The highest BCUT2D eigenvalue weighted by Gasteiger charge is 2.01. The van der Waals surface area contributed by atoms with Crippen molar-refractivity contribution in [1.29, 1.82) is 0 Å². The molecule has 1 aromatic carbocycles. The molecule has 2 aromatic rings. The molecule has 1 nitrogen and oxygen atoms in total. The fourth-order valence-corrected chi connectivity index (χ4v) is 2.75. The molecule has 78 valence electrons. The summed E-state index contributed by atoms with van der Waals surface area (Å²) < 4.78 is 5.13. The van der Waals surface area contributed by atoms with Crippen molar-refractivity contribution in [1.82, 2.24) is 0 Å². The zero-order valence-corrected chi connectivity index (χ0v) is 10.8. The summed E-state index contributed by atoms with van der Waals surface area (Å²) in [6, 6.07) is 12.5. The van der Waals surface area contributed by atoms with Crippen LogP contribution in [0.5, 0.6) is 5.75 Å². The molecule has 0 N–H and O–H groups in total. The van der Waals surface area contributed by atoms with E-state index in [1.54, 1.807) is 7.11 Å². The monoisotopic (exact) mass is 282 g/mol. The van der Waals surface area contributed by atoms with Crippen molar-refractivity contribution >= 4 is 27.3 Å². The molecule has 2 rings (SSSR count). The van der Waals surface area contributed by atoms with Crippen molar-refractivity contribution in [2.45, 2.75) is 5.33 Å². The Morgan fingerprint density at radius 1 is 1.13 bits per heavy atom. The Morgan fingerprint density at radius 2 is 1.87 bits per heavy atom. The molecule has 15 heavy (non-hydrogen) atoms. The van der Waals surface area contributed by atoms with Crippen LogP contribution in [0.15, 0.2) is 36.4 Å². The van der Waals surface area contributed by atoms with E-state index in [9.17, 15) is 0 Å². The lowest BCUT2D eigenvalue weighted by Crippen LogP contribution is -1.81. The van der Waals surface area contributed by atoms with Crippen LogP contribution < -0.4 is 4.74 Å². The van der Waals surface area contributed by atoms with Gasteiger partial charge in [-0.1, -0.05) is 15.9 Å². The summed E-state index contributed by atoms with van der Waals surface area (Å²) >= 11 is 5.27. The van der Waals surface area contributed by atoms with Gasteiger partial charge >= 0.3 is 0 Å². The number of benzene rings is 1. The molecule has 0 atom stereocenters. The van der Waals surface area contributed by atoms with Gasteiger partial charge in [-0.05, 0) is 42.0 Å². The minimum atomic E-state index is 0.899. The lowest BCUT2D eigenvalue weighted by Gasteiger charge is -2.00. The number of methoxy groups -OCH3 is 1. The molecule has 0 aliphatic heterocycles. The van der Waals surface area contributed by atoms with Gasteiger partial charge in [0.2, 0.25) is 0 Å². The van der Waals surface area contributed by atoms with Gasteiger partial charge in [-0.2, -0.15) is 0 Å². The first-order valence-electron chi connectivity index (χ1n) is 4.62. The molecular formula is C12H11BrOS. The third-order valence-electron chi connectivity index (χ3n) is 2.17. The Bertz CT molecular complexity index is 433. The number of ether oxygens (including phenoxy) is 1. The zero-order chi connectivity index (χ0) is 10.7. The smallest absolute Gasteiger partial charge is 0.118 e. The normalized spacial score (nSPS) is 10.3. The minimum absolute atomic E-state index is 0.899. The highest BCUT2D eigenvalue weighted by Crippen LogP contribution is 2.30. The maximum Gasteiger partial charge on any atom is 0.118 e. The summed E-state index contributed by atoms with van der Waals surface area (Å²) in [6.45, 7) is 0. The lowest BCUT2D eigenvalue weighted by atomic mass is 10.2.